The lowest BCUT2D eigenvalue weighted by Gasteiger charge is -2.31. The van der Waals surface area contributed by atoms with Gasteiger partial charge in [0.1, 0.15) is 5.82 Å². The largest absolute Gasteiger partial charge is 0.382 e. The monoisotopic (exact) mass is 324 g/mol. The van der Waals surface area contributed by atoms with Crippen molar-refractivity contribution in [2.24, 2.45) is 11.7 Å². The van der Waals surface area contributed by atoms with Crippen LogP contribution in [-0.4, -0.2) is 50.8 Å². The van der Waals surface area contributed by atoms with Crippen molar-refractivity contribution in [3.63, 3.8) is 0 Å². The summed E-state index contributed by atoms with van der Waals surface area (Å²) in [6.45, 7) is 3.06. The van der Waals surface area contributed by atoms with E-state index in [0.717, 1.165) is 12.8 Å². The van der Waals surface area contributed by atoms with Crippen LogP contribution in [-0.2, 0) is 16.1 Å². The average molecular weight is 324 g/mol. The van der Waals surface area contributed by atoms with Crippen LogP contribution in [0.25, 0.3) is 0 Å². The smallest absolute Gasteiger partial charge is 0.253 e. The molecule has 1 aromatic carbocycles. The molecule has 2 N–H and O–H groups in total. The number of amides is 1. The Bertz CT molecular complexity index is 517. The Morgan fingerprint density at radius 1 is 1.35 bits per heavy atom. The topological polar surface area (TPSA) is 64.8 Å². The van der Waals surface area contributed by atoms with Crippen molar-refractivity contribution >= 4 is 5.91 Å². The first kappa shape index (κ1) is 17.8. The molecule has 1 aromatic rings. The predicted octanol–water partition coefficient (Wildman–Crippen LogP) is 1.80. The number of rotatable bonds is 7. The highest BCUT2D eigenvalue weighted by Gasteiger charge is 2.23. The van der Waals surface area contributed by atoms with Gasteiger partial charge in [0.15, 0.2) is 0 Å². The summed E-state index contributed by atoms with van der Waals surface area (Å²) in [6.07, 6.45) is 1.85. The van der Waals surface area contributed by atoms with Crippen molar-refractivity contribution in [2.45, 2.75) is 19.4 Å². The van der Waals surface area contributed by atoms with Crippen LogP contribution < -0.4 is 5.73 Å². The van der Waals surface area contributed by atoms with Crippen LogP contribution in [0, 0.1) is 11.7 Å². The molecule has 5 nitrogen and oxygen atoms in total. The molecule has 23 heavy (non-hydrogen) atoms. The number of ether oxygens (including phenoxy) is 2. The Morgan fingerprint density at radius 3 is 2.74 bits per heavy atom. The average Bonchev–Trinajstić information content (AvgIpc) is 2.59. The summed E-state index contributed by atoms with van der Waals surface area (Å²) in [5.41, 5.74) is 6.57. The predicted molar refractivity (Wildman–Crippen MR) is 85.6 cm³/mol. The molecule has 0 saturated carbocycles. The Kier molecular flexibility index (Phi) is 6.95. The van der Waals surface area contributed by atoms with Gasteiger partial charge in [0.05, 0.1) is 19.8 Å². The summed E-state index contributed by atoms with van der Waals surface area (Å²) in [5, 5.41) is 0. The number of nitrogens with zero attached hydrogens (tertiary/aromatic N) is 1. The van der Waals surface area contributed by atoms with Crippen molar-refractivity contribution in [3.05, 3.63) is 35.1 Å². The molecule has 1 fully saturated rings. The molecule has 0 spiro atoms. The molecule has 6 heteroatoms. The third kappa shape index (κ3) is 4.99. The fourth-order valence-corrected chi connectivity index (χ4v) is 2.70. The molecule has 1 saturated heterocycles. The molecule has 0 radical (unpaired) electrons. The third-order valence-corrected chi connectivity index (χ3v) is 4.22. The maximum Gasteiger partial charge on any atom is 0.253 e. The Balaban J connectivity index is 1.97. The molecule has 1 amide bonds. The third-order valence-electron chi connectivity index (χ3n) is 4.22. The number of hydrogen-bond donors (Lipinski definition) is 1. The van der Waals surface area contributed by atoms with Gasteiger partial charge in [-0.15, -0.1) is 0 Å². The van der Waals surface area contributed by atoms with Crippen molar-refractivity contribution in [1.29, 1.82) is 0 Å². The van der Waals surface area contributed by atoms with Gasteiger partial charge in [0, 0.05) is 31.3 Å². The van der Waals surface area contributed by atoms with Crippen LogP contribution >= 0.6 is 0 Å². The zero-order valence-corrected chi connectivity index (χ0v) is 13.6. The van der Waals surface area contributed by atoms with E-state index in [1.165, 1.54) is 12.1 Å². The highest BCUT2D eigenvalue weighted by atomic mass is 19.1. The highest BCUT2D eigenvalue weighted by Crippen LogP contribution is 2.19. The molecule has 0 unspecified atom stereocenters. The number of halogens is 1. The van der Waals surface area contributed by atoms with Gasteiger partial charge >= 0.3 is 0 Å². The fourth-order valence-electron chi connectivity index (χ4n) is 2.70. The molecule has 128 valence electrons. The van der Waals surface area contributed by atoms with E-state index < -0.39 is 0 Å². The SMILES string of the molecule is COCCOCc1cc(C(=O)N2CCC(CN)CC2)ccc1F. The Hall–Kier alpha value is -1.50. The zero-order chi connectivity index (χ0) is 16.7. The number of carbonyl (C=O) groups excluding carboxylic acids is 1. The second kappa shape index (κ2) is 8.96. The normalized spacial score (nSPS) is 15.9. The Labute approximate surface area is 136 Å². The van der Waals surface area contributed by atoms with Crippen molar-refractivity contribution in [1.82, 2.24) is 4.90 Å². The van der Waals surface area contributed by atoms with Crippen molar-refractivity contribution < 1.29 is 18.7 Å². The lowest BCUT2D eigenvalue weighted by Crippen LogP contribution is -2.40. The molecular weight excluding hydrogens is 299 g/mol. The summed E-state index contributed by atoms with van der Waals surface area (Å²) in [5.74, 6) is 0.0800. The van der Waals surface area contributed by atoms with E-state index in [1.807, 2.05) is 4.90 Å². The standard InChI is InChI=1S/C17H25FN2O3/c1-22-8-9-23-12-15-10-14(2-3-16(15)18)17(21)20-6-4-13(11-19)5-7-20/h2-3,10,13H,4-9,11-12,19H2,1H3. The van der Waals surface area contributed by atoms with E-state index in [9.17, 15) is 9.18 Å². The van der Waals surface area contributed by atoms with E-state index in [0.29, 0.717) is 49.9 Å². The van der Waals surface area contributed by atoms with Gasteiger partial charge in [0.25, 0.3) is 5.91 Å². The summed E-state index contributed by atoms with van der Waals surface area (Å²) < 4.78 is 24.1. The van der Waals surface area contributed by atoms with Gasteiger partial charge in [-0.2, -0.15) is 0 Å². The van der Waals surface area contributed by atoms with Gasteiger partial charge in [-0.1, -0.05) is 0 Å². The van der Waals surface area contributed by atoms with Crippen LogP contribution in [0.4, 0.5) is 4.39 Å². The van der Waals surface area contributed by atoms with E-state index in [1.54, 1.807) is 13.2 Å². The van der Waals surface area contributed by atoms with Crippen molar-refractivity contribution in [2.75, 3.05) is 40.0 Å². The molecule has 1 heterocycles. The number of nitrogens with two attached hydrogens (primary N) is 1. The molecule has 0 aromatic heterocycles. The van der Waals surface area contributed by atoms with E-state index in [-0.39, 0.29) is 18.3 Å². The zero-order valence-electron chi connectivity index (χ0n) is 13.6. The summed E-state index contributed by atoms with van der Waals surface area (Å²) in [7, 11) is 1.58. The molecular formula is C17H25FN2O3. The first-order chi connectivity index (χ1) is 11.2. The van der Waals surface area contributed by atoms with Crippen molar-refractivity contribution in [3.8, 4) is 0 Å². The Morgan fingerprint density at radius 2 is 2.09 bits per heavy atom. The summed E-state index contributed by atoms with van der Waals surface area (Å²) in [4.78, 5) is 14.4. The van der Waals surface area contributed by atoms with Gasteiger partial charge < -0.3 is 20.1 Å². The van der Waals surface area contributed by atoms with Crippen LogP contribution in [0.15, 0.2) is 18.2 Å². The minimum Gasteiger partial charge on any atom is -0.382 e. The van der Waals surface area contributed by atoms with Gasteiger partial charge in [-0.25, -0.2) is 4.39 Å². The number of methoxy groups -OCH3 is 1. The van der Waals surface area contributed by atoms with Gasteiger partial charge in [-0.05, 0) is 43.5 Å². The maximum atomic E-state index is 13.8. The second-order valence-electron chi connectivity index (χ2n) is 5.82. The van der Waals surface area contributed by atoms with Crippen LogP contribution in [0.5, 0.6) is 0 Å². The van der Waals surface area contributed by atoms with Crippen LogP contribution in [0.3, 0.4) is 0 Å². The second-order valence-corrected chi connectivity index (χ2v) is 5.82. The lowest BCUT2D eigenvalue weighted by atomic mass is 9.96. The molecule has 2 rings (SSSR count). The van der Waals surface area contributed by atoms with E-state index in [2.05, 4.69) is 0 Å². The minimum atomic E-state index is -0.360. The van der Waals surface area contributed by atoms with Crippen LogP contribution in [0.2, 0.25) is 0 Å². The lowest BCUT2D eigenvalue weighted by molar-refractivity contribution is 0.0602. The molecule has 0 atom stereocenters. The molecule has 0 bridgehead atoms. The fraction of sp³-hybridized carbons (Fsp3) is 0.588. The van der Waals surface area contributed by atoms with Gasteiger partial charge in [0.2, 0.25) is 0 Å². The number of hydrogen-bond acceptors (Lipinski definition) is 4. The molecule has 0 aliphatic carbocycles. The van der Waals surface area contributed by atoms with Crippen LogP contribution in [0.1, 0.15) is 28.8 Å². The van der Waals surface area contributed by atoms with E-state index >= 15 is 0 Å². The molecule has 1 aliphatic heterocycles. The number of likely N-dealkylation sites (tertiary alicyclic amines) is 1. The minimum absolute atomic E-state index is 0.0568. The first-order valence-corrected chi connectivity index (χ1v) is 8.00. The van der Waals surface area contributed by atoms with Gasteiger partial charge in [-0.3, -0.25) is 4.79 Å². The first-order valence-electron chi connectivity index (χ1n) is 8.00. The maximum absolute atomic E-state index is 13.8. The number of piperidine rings is 1. The summed E-state index contributed by atoms with van der Waals surface area (Å²) in [6, 6.07) is 4.44. The number of benzene rings is 1. The quantitative estimate of drug-likeness (QED) is 0.777. The van der Waals surface area contributed by atoms with E-state index in [4.69, 9.17) is 15.2 Å². The number of carbonyl (C=O) groups is 1. The summed E-state index contributed by atoms with van der Waals surface area (Å²) >= 11 is 0. The highest BCUT2D eigenvalue weighted by molar-refractivity contribution is 5.94. The molecule has 1 aliphatic rings.